The maximum absolute atomic E-state index is 13.5. The predicted octanol–water partition coefficient (Wildman–Crippen LogP) is 3.03. The Bertz CT molecular complexity index is 637. The molecule has 1 heterocycles. The van der Waals surface area contributed by atoms with Crippen LogP contribution in [0.4, 0.5) is 4.39 Å². The Kier molecular flexibility index (Phi) is 5.11. The van der Waals surface area contributed by atoms with Gasteiger partial charge in [0.2, 0.25) is 0 Å². The summed E-state index contributed by atoms with van der Waals surface area (Å²) in [5.74, 6) is -0.423. The molecule has 0 aliphatic rings. The fraction of sp³-hybridized carbons (Fsp3) is 0.200. The summed E-state index contributed by atoms with van der Waals surface area (Å²) < 4.78 is 19.0. The third-order valence-electron chi connectivity index (χ3n) is 2.84. The van der Waals surface area contributed by atoms with Crippen LogP contribution in [0.5, 0.6) is 5.75 Å². The van der Waals surface area contributed by atoms with Crippen LogP contribution in [-0.2, 0) is 0 Å². The zero-order chi connectivity index (χ0) is 15.2. The van der Waals surface area contributed by atoms with Gasteiger partial charge in [-0.25, -0.2) is 4.39 Å². The van der Waals surface area contributed by atoms with Crippen LogP contribution < -0.4 is 4.74 Å². The number of nitrogens with zero attached hydrogens (tertiary/aromatic N) is 2. The molecule has 110 valence electrons. The first-order valence-electron chi connectivity index (χ1n) is 6.31. The molecule has 0 unspecified atom stereocenters. The molecule has 0 fully saturated rings. The van der Waals surface area contributed by atoms with Crippen LogP contribution in [0.2, 0.25) is 5.02 Å². The topological polar surface area (TPSA) is 42.4 Å². The van der Waals surface area contributed by atoms with Gasteiger partial charge in [0.1, 0.15) is 12.4 Å². The second kappa shape index (κ2) is 7.04. The first kappa shape index (κ1) is 15.3. The molecule has 0 saturated heterocycles. The molecular weight excluding hydrogens is 295 g/mol. The number of halogens is 2. The van der Waals surface area contributed by atoms with Crippen LogP contribution in [0.1, 0.15) is 10.4 Å². The largest absolute Gasteiger partial charge is 0.492 e. The molecule has 2 aromatic rings. The molecule has 0 aliphatic heterocycles. The van der Waals surface area contributed by atoms with Crippen LogP contribution >= 0.6 is 11.6 Å². The van der Waals surface area contributed by atoms with Crippen molar-refractivity contribution in [2.45, 2.75) is 0 Å². The van der Waals surface area contributed by atoms with Gasteiger partial charge in [-0.3, -0.25) is 9.78 Å². The van der Waals surface area contributed by atoms with Gasteiger partial charge in [0.15, 0.2) is 5.82 Å². The lowest BCUT2D eigenvalue weighted by atomic mass is 10.2. The zero-order valence-electron chi connectivity index (χ0n) is 11.4. The van der Waals surface area contributed by atoms with Gasteiger partial charge in [-0.2, -0.15) is 0 Å². The fourth-order valence-electron chi connectivity index (χ4n) is 1.71. The number of hydrogen-bond acceptors (Lipinski definition) is 3. The molecule has 6 heteroatoms. The number of rotatable bonds is 5. The summed E-state index contributed by atoms with van der Waals surface area (Å²) in [4.78, 5) is 17.0. The van der Waals surface area contributed by atoms with Crippen molar-refractivity contribution in [3.05, 3.63) is 59.1 Å². The van der Waals surface area contributed by atoms with Crippen molar-refractivity contribution >= 4 is 17.5 Å². The molecule has 0 aliphatic carbocycles. The Morgan fingerprint density at radius 2 is 2.24 bits per heavy atom. The van der Waals surface area contributed by atoms with Gasteiger partial charge < -0.3 is 9.64 Å². The van der Waals surface area contributed by atoms with E-state index in [0.29, 0.717) is 17.3 Å². The maximum atomic E-state index is 13.5. The monoisotopic (exact) mass is 308 g/mol. The van der Waals surface area contributed by atoms with Crippen LogP contribution in [0.15, 0.2) is 42.7 Å². The van der Waals surface area contributed by atoms with E-state index in [4.69, 9.17) is 16.3 Å². The van der Waals surface area contributed by atoms with Crippen LogP contribution in [0, 0.1) is 5.82 Å². The molecule has 1 aromatic carbocycles. The van der Waals surface area contributed by atoms with Crippen molar-refractivity contribution in [2.75, 3.05) is 20.2 Å². The van der Waals surface area contributed by atoms with Gasteiger partial charge in [0.05, 0.1) is 18.3 Å². The lowest BCUT2D eigenvalue weighted by Gasteiger charge is -2.17. The highest BCUT2D eigenvalue weighted by Gasteiger charge is 2.15. The van der Waals surface area contributed by atoms with E-state index in [9.17, 15) is 9.18 Å². The SMILES string of the molecule is CN(CCOc1cccc(Cl)c1)C(=O)c1ccncc1F. The molecule has 0 spiro atoms. The van der Waals surface area contributed by atoms with Crippen molar-refractivity contribution in [1.82, 2.24) is 9.88 Å². The molecule has 0 saturated carbocycles. The first-order chi connectivity index (χ1) is 10.1. The summed E-state index contributed by atoms with van der Waals surface area (Å²) >= 11 is 5.84. The van der Waals surface area contributed by atoms with E-state index in [0.717, 1.165) is 6.20 Å². The number of ether oxygens (including phenoxy) is 1. The molecule has 0 atom stereocenters. The lowest BCUT2D eigenvalue weighted by molar-refractivity contribution is 0.0769. The van der Waals surface area contributed by atoms with E-state index < -0.39 is 11.7 Å². The van der Waals surface area contributed by atoms with Crippen molar-refractivity contribution in [3.8, 4) is 5.75 Å². The molecule has 1 amide bonds. The minimum atomic E-state index is -0.634. The van der Waals surface area contributed by atoms with Gasteiger partial charge in [-0.1, -0.05) is 17.7 Å². The van der Waals surface area contributed by atoms with Crippen molar-refractivity contribution in [1.29, 1.82) is 0 Å². The number of carbonyl (C=O) groups is 1. The molecular formula is C15H14ClFN2O2. The van der Waals surface area contributed by atoms with E-state index in [-0.39, 0.29) is 12.2 Å². The number of aromatic nitrogens is 1. The van der Waals surface area contributed by atoms with Crippen LogP contribution in [-0.4, -0.2) is 36.0 Å². The molecule has 4 nitrogen and oxygen atoms in total. The molecule has 0 radical (unpaired) electrons. The van der Waals surface area contributed by atoms with Gasteiger partial charge in [0.25, 0.3) is 5.91 Å². The van der Waals surface area contributed by atoms with Gasteiger partial charge >= 0.3 is 0 Å². The van der Waals surface area contributed by atoms with E-state index in [2.05, 4.69) is 4.98 Å². The van der Waals surface area contributed by atoms with Crippen molar-refractivity contribution in [2.24, 2.45) is 0 Å². The smallest absolute Gasteiger partial charge is 0.256 e. The fourth-order valence-corrected chi connectivity index (χ4v) is 1.89. The summed E-state index contributed by atoms with van der Waals surface area (Å²) in [6.07, 6.45) is 2.40. The summed E-state index contributed by atoms with van der Waals surface area (Å²) in [5.41, 5.74) is -0.00439. The maximum Gasteiger partial charge on any atom is 0.256 e. The number of carbonyl (C=O) groups excluding carboxylic acids is 1. The van der Waals surface area contributed by atoms with E-state index in [1.54, 1.807) is 31.3 Å². The van der Waals surface area contributed by atoms with E-state index in [1.807, 2.05) is 0 Å². The van der Waals surface area contributed by atoms with Gasteiger partial charge in [0, 0.05) is 18.3 Å². The minimum absolute atomic E-state index is 0.00439. The standard InChI is InChI=1S/C15H14ClFN2O2/c1-19(15(20)13-5-6-18-10-14(13)17)7-8-21-12-4-2-3-11(16)9-12/h2-6,9-10H,7-8H2,1H3. The van der Waals surface area contributed by atoms with Crippen molar-refractivity contribution < 1.29 is 13.9 Å². The quantitative estimate of drug-likeness (QED) is 0.852. The Labute approximate surface area is 127 Å². The average molecular weight is 309 g/mol. The number of likely N-dealkylation sites (N-methyl/N-ethyl adjacent to an activating group) is 1. The number of benzene rings is 1. The normalized spacial score (nSPS) is 10.2. The third kappa shape index (κ3) is 4.16. The number of amides is 1. The highest BCUT2D eigenvalue weighted by molar-refractivity contribution is 6.30. The molecule has 0 bridgehead atoms. The Hall–Kier alpha value is -2.14. The van der Waals surface area contributed by atoms with Crippen molar-refractivity contribution in [3.63, 3.8) is 0 Å². The Morgan fingerprint density at radius 3 is 2.95 bits per heavy atom. The Balaban J connectivity index is 1.89. The molecule has 0 N–H and O–H groups in total. The second-order valence-corrected chi connectivity index (χ2v) is 4.82. The molecule has 2 rings (SSSR count). The molecule has 21 heavy (non-hydrogen) atoms. The predicted molar refractivity (Wildman–Crippen MR) is 78.1 cm³/mol. The van der Waals surface area contributed by atoms with Crippen LogP contribution in [0.25, 0.3) is 0 Å². The first-order valence-corrected chi connectivity index (χ1v) is 6.69. The van der Waals surface area contributed by atoms with Gasteiger partial charge in [-0.05, 0) is 24.3 Å². The minimum Gasteiger partial charge on any atom is -0.492 e. The average Bonchev–Trinajstić information content (AvgIpc) is 2.47. The zero-order valence-corrected chi connectivity index (χ0v) is 12.2. The van der Waals surface area contributed by atoms with Gasteiger partial charge in [-0.15, -0.1) is 0 Å². The Morgan fingerprint density at radius 1 is 1.43 bits per heavy atom. The van der Waals surface area contributed by atoms with Crippen LogP contribution in [0.3, 0.4) is 0 Å². The highest BCUT2D eigenvalue weighted by Crippen LogP contribution is 2.17. The summed E-state index contributed by atoms with van der Waals surface area (Å²) in [5, 5.41) is 0.579. The second-order valence-electron chi connectivity index (χ2n) is 4.39. The van der Waals surface area contributed by atoms with E-state index in [1.165, 1.54) is 17.2 Å². The van der Waals surface area contributed by atoms with E-state index >= 15 is 0 Å². The molecule has 1 aromatic heterocycles. The summed E-state index contributed by atoms with van der Waals surface area (Å²) in [6, 6.07) is 8.34. The number of pyridine rings is 1. The summed E-state index contributed by atoms with van der Waals surface area (Å²) in [6.45, 7) is 0.613. The lowest BCUT2D eigenvalue weighted by Crippen LogP contribution is -2.31. The summed E-state index contributed by atoms with van der Waals surface area (Å²) in [7, 11) is 1.59. The highest BCUT2D eigenvalue weighted by atomic mass is 35.5. The number of hydrogen-bond donors (Lipinski definition) is 0. The third-order valence-corrected chi connectivity index (χ3v) is 3.08.